The third-order valence-corrected chi connectivity index (χ3v) is 3.48. The molecule has 6 nitrogen and oxygen atoms in total. The van der Waals surface area contributed by atoms with E-state index in [0.717, 1.165) is 25.1 Å². The van der Waals surface area contributed by atoms with Gasteiger partial charge in [-0.25, -0.2) is 4.98 Å². The van der Waals surface area contributed by atoms with E-state index in [1.54, 1.807) is 0 Å². The van der Waals surface area contributed by atoms with Gasteiger partial charge in [-0.2, -0.15) is 0 Å². The topological polar surface area (TPSA) is 90.9 Å². The Morgan fingerprint density at radius 3 is 2.78 bits per heavy atom. The number of nitrogens with one attached hydrogen (secondary N) is 2. The van der Waals surface area contributed by atoms with E-state index in [4.69, 9.17) is 5.11 Å². The van der Waals surface area contributed by atoms with Crippen LogP contribution >= 0.6 is 0 Å². The second-order valence-electron chi connectivity index (χ2n) is 5.36. The van der Waals surface area contributed by atoms with Crippen LogP contribution in [0.4, 0.5) is 0 Å². The number of carbonyl (C=O) groups is 1. The van der Waals surface area contributed by atoms with Gasteiger partial charge in [0.2, 0.25) is 5.82 Å². The van der Waals surface area contributed by atoms with Crippen LogP contribution in [0.25, 0.3) is 0 Å². The van der Waals surface area contributed by atoms with E-state index >= 15 is 0 Å². The molecule has 0 aliphatic heterocycles. The molecule has 0 unspecified atom stereocenters. The number of aliphatic hydroxyl groups excluding tert-OH is 1. The van der Waals surface area contributed by atoms with Gasteiger partial charge >= 0.3 is 0 Å². The van der Waals surface area contributed by atoms with Gasteiger partial charge in [0, 0.05) is 19.1 Å². The van der Waals surface area contributed by atoms with Crippen LogP contribution in [0, 0.1) is 5.41 Å². The smallest absolute Gasteiger partial charge is 0.290 e. The first-order valence-corrected chi connectivity index (χ1v) is 6.38. The largest absolute Gasteiger partial charge is 0.396 e. The molecule has 0 atom stereocenters. The second-order valence-corrected chi connectivity index (χ2v) is 5.36. The molecule has 1 aliphatic rings. The first kappa shape index (κ1) is 13.0. The Morgan fingerprint density at radius 2 is 2.28 bits per heavy atom. The third kappa shape index (κ3) is 2.87. The molecule has 100 valence electrons. The summed E-state index contributed by atoms with van der Waals surface area (Å²) >= 11 is 0. The maximum absolute atomic E-state index is 11.8. The predicted octanol–water partition coefficient (Wildman–Crippen LogP) is 0.821. The Morgan fingerprint density at radius 1 is 1.56 bits per heavy atom. The molecule has 0 aromatic carbocycles. The van der Waals surface area contributed by atoms with Crippen LogP contribution < -0.4 is 5.32 Å². The first-order chi connectivity index (χ1) is 8.56. The minimum Gasteiger partial charge on any atom is -0.396 e. The lowest BCUT2D eigenvalue weighted by atomic mass is 10.0. The summed E-state index contributed by atoms with van der Waals surface area (Å²) in [5, 5.41) is 18.5. The zero-order valence-electron chi connectivity index (χ0n) is 10.9. The highest BCUT2D eigenvalue weighted by atomic mass is 16.3. The van der Waals surface area contributed by atoms with Crippen molar-refractivity contribution in [3.8, 4) is 0 Å². The second kappa shape index (κ2) is 5.06. The lowest BCUT2D eigenvalue weighted by molar-refractivity contribution is 0.0930. The van der Waals surface area contributed by atoms with Crippen molar-refractivity contribution in [2.75, 3.05) is 13.2 Å². The predicted molar refractivity (Wildman–Crippen MR) is 66.2 cm³/mol. The maximum Gasteiger partial charge on any atom is 0.290 e. The standard InChI is InChI=1S/C12H20N4O2/c1-8(2)9-14-10(16-15-9)11(18)13-7-12(3-4-12)5-6-17/h8,17H,3-7H2,1-2H3,(H,13,18)(H,14,15,16). The summed E-state index contributed by atoms with van der Waals surface area (Å²) in [6.45, 7) is 4.75. The molecule has 1 amide bonds. The van der Waals surface area contributed by atoms with Crippen molar-refractivity contribution in [3.63, 3.8) is 0 Å². The zero-order valence-corrected chi connectivity index (χ0v) is 10.9. The lowest BCUT2D eigenvalue weighted by Crippen LogP contribution is -2.31. The van der Waals surface area contributed by atoms with Gasteiger partial charge in [0.1, 0.15) is 5.82 Å². The molecule has 1 fully saturated rings. The van der Waals surface area contributed by atoms with Gasteiger partial charge in [-0.3, -0.25) is 9.89 Å². The van der Waals surface area contributed by atoms with Crippen LogP contribution in [0.3, 0.4) is 0 Å². The van der Waals surface area contributed by atoms with E-state index in [1.165, 1.54) is 0 Å². The molecule has 1 aromatic heterocycles. The SMILES string of the molecule is CC(C)c1nc(C(=O)NCC2(CCO)CC2)n[nH]1. The molecule has 6 heteroatoms. The summed E-state index contributed by atoms with van der Waals surface area (Å²) < 4.78 is 0. The van der Waals surface area contributed by atoms with Crippen molar-refractivity contribution in [2.45, 2.75) is 39.0 Å². The third-order valence-electron chi connectivity index (χ3n) is 3.48. The summed E-state index contributed by atoms with van der Waals surface area (Å²) in [7, 11) is 0. The fourth-order valence-electron chi connectivity index (χ4n) is 1.91. The van der Waals surface area contributed by atoms with Crippen LogP contribution in [0.15, 0.2) is 0 Å². The first-order valence-electron chi connectivity index (χ1n) is 6.38. The lowest BCUT2D eigenvalue weighted by Gasteiger charge is -2.13. The van der Waals surface area contributed by atoms with E-state index in [2.05, 4.69) is 20.5 Å². The minimum atomic E-state index is -0.248. The van der Waals surface area contributed by atoms with Gasteiger partial charge in [0.05, 0.1) is 0 Å². The molecule has 0 radical (unpaired) electrons. The normalized spacial score (nSPS) is 16.9. The molecule has 1 saturated carbocycles. The molecular weight excluding hydrogens is 232 g/mol. The Labute approximate surface area is 106 Å². The Bertz CT molecular complexity index is 423. The minimum absolute atomic E-state index is 0.113. The van der Waals surface area contributed by atoms with Crippen LogP contribution in [-0.4, -0.2) is 39.3 Å². The highest BCUT2D eigenvalue weighted by molar-refractivity contribution is 5.90. The Kier molecular flexibility index (Phi) is 3.65. The molecule has 0 spiro atoms. The van der Waals surface area contributed by atoms with Crippen molar-refractivity contribution in [1.29, 1.82) is 0 Å². The van der Waals surface area contributed by atoms with Crippen LogP contribution in [0.2, 0.25) is 0 Å². The summed E-state index contributed by atoms with van der Waals surface area (Å²) in [5.74, 6) is 0.890. The summed E-state index contributed by atoms with van der Waals surface area (Å²) in [5.41, 5.74) is 0.113. The molecule has 0 bridgehead atoms. The van der Waals surface area contributed by atoms with Crippen molar-refractivity contribution >= 4 is 5.91 Å². The van der Waals surface area contributed by atoms with Gasteiger partial charge in [0.25, 0.3) is 5.91 Å². The fourth-order valence-corrected chi connectivity index (χ4v) is 1.91. The van der Waals surface area contributed by atoms with E-state index in [9.17, 15) is 4.79 Å². The van der Waals surface area contributed by atoms with Crippen LogP contribution in [0.1, 0.15) is 55.5 Å². The average molecular weight is 252 g/mol. The molecule has 1 aromatic rings. The molecule has 1 heterocycles. The van der Waals surface area contributed by atoms with Gasteiger partial charge in [-0.15, -0.1) is 5.10 Å². The number of hydrogen-bond donors (Lipinski definition) is 3. The van der Waals surface area contributed by atoms with E-state index in [1.807, 2.05) is 13.8 Å². The van der Waals surface area contributed by atoms with Crippen molar-refractivity contribution in [2.24, 2.45) is 5.41 Å². The van der Waals surface area contributed by atoms with E-state index in [0.29, 0.717) is 6.54 Å². The Hall–Kier alpha value is -1.43. The van der Waals surface area contributed by atoms with Gasteiger partial charge in [-0.05, 0) is 24.7 Å². The summed E-state index contributed by atoms with van der Waals surface area (Å²) in [6, 6.07) is 0. The van der Waals surface area contributed by atoms with E-state index < -0.39 is 0 Å². The highest BCUT2D eigenvalue weighted by Gasteiger charge is 2.42. The molecule has 0 saturated heterocycles. The summed E-state index contributed by atoms with van der Waals surface area (Å²) in [4.78, 5) is 16.0. The summed E-state index contributed by atoms with van der Waals surface area (Å²) in [6.07, 6.45) is 2.89. The van der Waals surface area contributed by atoms with Crippen molar-refractivity contribution in [3.05, 3.63) is 11.6 Å². The molecule has 2 rings (SSSR count). The van der Waals surface area contributed by atoms with Gasteiger partial charge in [0.15, 0.2) is 0 Å². The van der Waals surface area contributed by atoms with Crippen molar-refractivity contribution < 1.29 is 9.90 Å². The van der Waals surface area contributed by atoms with E-state index in [-0.39, 0.29) is 29.7 Å². The zero-order chi connectivity index (χ0) is 13.2. The Balaban J connectivity index is 1.87. The van der Waals surface area contributed by atoms with Gasteiger partial charge in [-0.1, -0.05) is 13.8 Å². The number of aliphatic hydroxyl groups is 1. The number of H-pyrrole nitrogens is 1. The van der Waals surface area contributed by atoms with Crippen LogP contribution in [0.5, 0.6) is 0 Å². The molecule has 18 heavy (non-hydrogen) atoms. The monoisotopic (exact) mass is 252 g/mol. The maximum atomic E-state index is 11.8. The molecular formula is C12H20N4O2. The van der Waals surface area contributed by atoms with Gasteiger partial charge < -0.3 is 10.4 Å². The van der Waals surface area contributed by atoms with Crippen LogP contribution in [-0.2, 0) is 0 Å². The quantitative estimate of drug-likeness (QED) is 0.699. The van der Waals surface area contributed by atoms with Crippen molar-refractivity contribution in [1.82, 2.24) is 20.5 Å². The molecule has 1 aliphatic carbocycles. The molecule has 3 N–H and O–H groups in total. The highest BCUT2D eigenvalue weighted by Crippen LogP contribution is 2.47. The number of aromatic nitrogens is 3. The number of amides is 1. The number of carbonyl (C=O) groups excluding carboxylic acids is 1. The number of rotatable bonds is 6. The fraction of sp³-hybridized carbons (Fsp3) is 0.750. The number of aromatic amines is 1. The number of hydrogen-bond acceptors (Lipinski definition) is 4. The number of nitrogens with zero attached hydrogens (tertiary/aromatic N) is 2. The average Bonchev–Trinajstić information content (AvgIpc) is 2.92.